The highest BCUT2D eigenvalue weighted by Gasteiger charge is 2.33. The summed E-state index contributed by atoms with van der Waals surface area (Å²) in [5.41, 5.74) is 2.45. The number of rotatable bonds is 6. The molecule has 3 amide bonds. The zero-order valence-corrected chi connectivity index (χ0v) is 14.9. The van der Waals surface area contributed by atoms with Crippen LogP contribution >= 0.6 is 0 Å². The molecule has 2 heterocycles. The van der Waals surface area contributed by atoms with Crippen molar-refractivity contribution in [1.82, 2.24) is 19.8 Å². The minimum absolute atomic E-state index is 0.0120. The molecule has 8 nitrogen and oxygen atoms in total. The molecule has 1 aliphatic heterocycles. The molecule has 28 heavy (non-hydrogen) atoms. The number of benzene rings is 2. The smallest absolute Gasteiger partial charge is 0.417 e. The molecule has 2 aromatic carbocycles. The maximum atomic E-state index is 12.7. The second kappa shape index (κ2) is 7.51. The van der Waals surface area contributed by atoms with Crippen molar-refractivity contribution < 1.29 is 19.1 Å². The van der Waals surface area contributed by atoms with Crippen molar-refractivity contribution in [2.75, 3.05) is 13.2 Å². The molecule has 0 saturated carbocycles. The number of cyclic esters (lactones) is 1. The van der Waals surface area contributed by atoms with E-state index >= 15 is 0 Å². The second-order valence-electron chi connectivity index (χ2n) is 6.45. The van der Waals surface area contributed by atoms with E-state index < -0.39 is 18.0 Å². The molecule has 1 aliphatic rings. The van der Waals surface area contributed by atoms with E-state index in [-0.39, 0.29) is 25.6 Å². The van der Waals surface area contributed by atoms with Gasteiger partial charge in [-0.25, -0.2) is 14.7 Å². The fraction of sp³-hybridized carbons (Fsp3) is 0.200. The van der Waals surface area contributed by atoms with Gasteiger partial charge >= 0.3 is 6.09 Å². The summed E-state index contributed by atoms with van der Waals surface area (Å²) in [6, 6.07) is 16.2. The van der Waals surface area contributed by atoms with Crippen LogP contribution in [0.15, 0.2) is 60.9 Å². The van der Waals surface area contributed by atoms with Crippen LogP contribution in [0.2, 0.25) is 0 Å². The summed E-state index contributed by atoms with van der Waals surface area (Å²) >= 11 is 0. The van der Waals surface area contributed by atoms with Crippen molar-refractivity contribution in [1.29, 1.82) is 0 Å². The summed E-state index contributed by atoms with van der Waals surface area (Å²) < 4.78 is 6.52. The van der Waals surface area contributed by atoms with Crippen molar-refractivity contribution in [3.63, 3.8) is 0 Å². The number of carbonyl (C=O) groups is 3. The van der Waals surface area contributed by atoms with E-state index in [0.717, 1.165) is 21.5 Å². The van der Waals surface area contributed by atoms with Gasteiger partial charge in [-0.05, 0) is 17.7 Å². The SMILES string of the molecule is O=C(Cn1cnc2ccccc21)NC(CN1C(=O)COC1=O)c1ccccc1. The molecule has 1 saturated heterocycles. The molecule has 1 N–H and O–H groups in total. The van der Waals surface area contributed by atoms with Crippen LogP contribution in [0.3, 0.4) is 0 Å². The summed E-state index contributed by atoms with van der Waals surface area (Å²) in [6.07, 6.45) is 0.920. The standard InChI is InChI=1S/C20H18N4O4/c25-18(11-23-13-21-15-8-4-5-9-17(15)23)22-16(14-6-2-1-3-7-14)10-24-19(26)12-28-20(24)27/h1-9,13,16H,10-12H2,(H,22,25). The minimum atomic E-state index is -0.694. The van der Waals surface area contributed by atoms with Gasteiger partial charge in [-0.2, -0.15) is 0 Å². The van der Waals surface area contributed by atoms with Gasteiger partial charge < -0.3 is 14.6 Å². The van der Waals surface area contributed by atoms with E-state index in [2.05, 4.69) is 10.3 Å². The average molecular weight is 378 g/mol. The first kappa shape index (κ1) is 17.7. The van der Waals surface area contributed by atoms with Crippen molar-refractivity contribution >= 4 is 28.9 Å². The van der Waals surface area contributed by atoms with Crippen LogP contribution in [0.5, 0.6) is 0 Å². The highest BCUT2D eigenvalue weighted by molar-refractivity contribution is 5.97. The van der Waals surface area contributed by atoms with Crippen LogP contribution in [0.4, 0.5) is 4.79 Å². The van der Waals surface area contributed by atoms with Gasteiger partial charge in [-0.15, -0.1) is 0 Å². The molecule has 8 heteroatoms. The first-order chi connectivity index (χ1) is 13.6. The number of nitrogens with one attached hydrogen (secondary N) is 1. The molecule has 0 radical (unpaired) electrons. The average Bonchev–Trinajstić information content (AvgIpc) is 3.26. The fourth-order valence-corrected chi connectivity index (χ4v) is 3.19. The van der Waals surface area contributed by atoms with Crippen LogP contribution in [0.1, 0.15) is 11.6 Å². The van der Waals surface area contributed by atoms with E-state index in [9.17, 15) is 14.4 Å². The van der Waals surface area contributed by atoms with Crippen molar-refractivity contribution in [2.24, 2.45) is 0 Å². The number of aromatic nitrogens is 2. The number of hydrogen-bond acceptors (Lipinski definition) is 5. The summed E-state index contributed by atoms with van der Waals surface area (Å²) in [4.78, 5) is 41.7. The number of imidazole rings is 1. The topological polar surface area (TPSA) is 93.5 Å². The van der Waals surface area contributed by atoms with E-state index in [1.807, 2.05) is 54.6 Å². The monoisotopic (exact) mass is 378 g/mol. The number of ether oxygens (including phenoxy) is 1. The Hall–Kier alpha value is -3.68. The highest BCUT2D eigenvalue weighted by Crippen LogP contribution is 2.18. The second-order valence-corrected chi connectivity index (χ2v) is 6.45. The lowest BCUT2D eigenvalue weighted by Gasteiger charge is -2.23. The van der Waals surface area contributed by atoms with Crippen molar-refractivity contribution in [3.8, 4) is 0 Å². The Morgan fingerprint density at radius 2 is 1.86 bits per heavy atom. The normalized spacial score (nSPS) is 14.9. The number of hydrogen-bond donors (Lipinski definition) is 1. The van der Waals surface area contributed by atoms with E-state index in [1.165, 1.54) is 0 Å². The Morgan fingerprint density at radius 1 is 1.11 bits per heavy atom. The largest absolute Gasteiger partial charge is 0.439 e. The molecule has 142 valence electrons. The first-order valence-electron chi connectivity index (χ1n) is 8.83. The summed E-state index contributed by atoms with van der Waals surface area (Å²) in [7, 11) is 0. The van der Waals surface area contributed by atoms with E-state index in [0.29, 0.717) is 0 Å². The van der Waals surface area contributed by atoms with Gasteiger partial charge in [0, 0.05) is 0 Å². The van der Waals surface area contributed by atoms with Crippen molar-refractivity contribution in [2.45, 2.75) is 12.6 Å². The maximum absolute atomic E-state index is 12.7. The Labute approximate surface area is 160 Å². The fourth-order valence-electron chi connectivity index (χ4n) is 3.19. The Balaban J connectivity index is 1.52. The third-order valence-electron chi connectivity index (χ3n) is 4.58. The molecule has 1 unspecified atom stereocenters. The lowest BCUT2D eigenvalue weighted by Crippen LogP contribution is -2.41. The zero-order valence-electron chi connectivity index (χ0n) is 14.9. The number of fused-ring (bicyclic) bond motifs is 1. The molecule has 0 spiro atoms. The van der Waals surface area contributed by atoms with Crippen LogP contribution in [0, 0.1) is 0 Å². The van der Waals surface area contributed by atoms with Gasteiger partial charge in [0.1, 0.15) is 6.54 Å². The number of nitrogens with zero attached hydrogens (tertiary/aromatic N) is 3. The summed E-state index contributed by atoms with van der Waals surface area (Å²) in [5.74, 6) is -0.669. The van der Waals surface area contributed by atoms with E-state index in [1.54, 1.807) is 10.9 Å². The van der Waals surface area contributed by atoms with Gasteiger partial charge in [0.05, 0.1) is 29.9 Å². The lowest BCUT2D eigenvalue weighted by atomic mass is 10.1. The predicted octanol–water partition coefficient (Wildman–Crippen LogP) is 1.87. The van der Waals surface area contributed by atoms with Crippen LogP contribution in [-0.4, -0.2) is 45.5 Å². The molecule has 1 aromatic heterocycles. The number of amides is 3. The third kappa shape index (κ3) is 3.57. The van der Waals surface area contributed by atoms with Gasteiger partial charge in [0.2, 0.25) is 5.91 Å². The van der Waals surface area contributed by atoms with Crippen molar-refractivity contribution in [3.05, 3.63) is 66.5 Å². The van der Waals surface area contributed by atoms with Gasteiger partial charge in [-0.1, -0.05) is 42.5 Å². The molecular weight excluding hydrogens is 360 g/mol. The summed E-state index contributed by atoms with van der Waals surface area (Å²) in [6.45, 7) is -0.185. The number of imide groups is 1. The molecule has 0 bridgehead atoms. The lowest BCUT2D eigenvalue weighted by molar-refractivity contribution is -0.127. The van der Waals surface area contributed by atoms with Crippen LogP contribution < -0.4 is 5.32 Å². The molecule has 1 atom stereocenters. The number of para-hydroxylation sites is 2. The van der Waals surface area contributed by atoms with Gasteiger partial charge in [-0.3, -0.25) is 9.59 Å². The minimum Gasteiger partial charge on any atom is -0.439 e. The molecular formula is C20H18N4O4. The van der Waals surface area contributed by atoms with Gasteiger partial charge in [0.25, 0.3) is 5.91 Å². The summed E-state index contributed by atoms with van der Waals surface area (Å²) in [5, 5.41) is 2.92. The van der Waals surface area contributed by atoms with Crippen LogP contribution in [0.25, 0.3) is 11.0 Å². The van der Waals surface area contributed by atoms with E-state index in [4.69, 9.17) is 4.74 Å². The predicted molar refractivity (Wildman–Crippen MR) is 100 cm³/mol. The van der Waals surface area contributed by atoms with Crippen LogP contribution in [-0.2, 0) is 20.9 Å². The zero-order chi connectivity index (χ0) is 19.5. The Morgan fingerprint density at radius 3 is 2.61 bits per heavy atom. The quantitative estimate of drug-likeness (QED) is 0.707. The first-order valence-corrected chi connectivity index (χ1v) is 8.83. The van der Waals surface area contributed by atoms with Gasteiger partial charge in [0.15, 0.2) is 6.61 Å². The molecule has 0 aliphatic carbocycles. The maximum Gasteiger partial charge on any atom is 0.417 e. The Kier molecular flexibility index (Phi) is 4.76. The Bertz CT molecular complexity index is 1010. The molecule has 1 fully saturated rings. The third-order valence-corrected chi connectivity index (χ3v) is 4.58. The molecule has 3 aromatic rings. The number of carbonyl (C=O) groups excluding carboxylic acids is 3. The highest BCUT2D eigenvalue weighted by atomic mass is 16.6. The molecule has 4 rings (SSSR count).